The number of anilines is 1. The number of hydrogen-bond donors (Lipinski definition) is 1. The highest BCUT2D eigenvalue weighted by Crippen LogP contribution is 2.45. The van der Waals surface area contributed by atoms with E-state index in [1.807, 2.05) is 19.2 Å². The predicted octanol–water partition coefficient (Wildman–Crippen LogP) is 4.43. The van der Waals surface area contributed by atoms with Crippen LogP contribution in [0.5, 0.6) is 5.75 Å². The largest absolute Gasteiger partial charge is 0.492 e. The minimum atomic E-state index is -0.106. The zero-order valence-electron chi connectivity index (χ0n) is 21.5. The third kappa shape index (κ3) is 4.62. The summed E-state index contributed by atoms with van der Waals surface area (Å²) in [5, 5.41) is 17.2. The van der Waals surface area contributed by atoms with E-state index in [4.69, 9.17) is 9.72 Å². The number of aromatic nitrogens is 3. The highest BCUT2D eigenvalue weighted by atomic mass is 16.5. The number of rotatable bonds is 7. The molecule has 0 aromatic carbocycles. The lowest BCUT2D eigenvalue weighted by molar-refractivity contribution is -0.123. The summed E-state index contributed by atoms with van der Waals surface area (Å²) in [6, 6.07) is 8.31. The number of nitrogens with one attached hydrogen (secondary N) is 1. The Hall–Kier alpha value is -3.60. The lowest BCUT2D eigenvalue weighted by atomic mass is 9.97. The standard InChI is InChI=1S/C28H34N6O2/c1-5-36-23-9-24(27-22(12-29)14-31-34(27)17-23)19-6-7-25(30-13-19)33-15-20-10-28(4,11-21(20)16-33)32-26(35)8-18(2)3/h6-7,9,13-14,17-18,20-21H,5,8,10-11,15-16H2,1-4H3,(H,32,35)/t20-,21+,28+. The molecule has 0 unspecified atom stereocenters. The van der Waals surface area contributed by atoms with Crippen molar-refractivity contribution in [2.45, 2.75) is 52.5 Å². The van der Waals surface area contributed by atoms with Gasteiger partial charge >= 0.3 is 0 Å². The molecule has 2 aliphatic rings. The van der Waals surface area contributed by atoms with Crippen molar-refractivity contribution >= 4 is 17.2 Å². The van der Waals surface area contributed by atoms with Gasteiger partial charge in [-0.25, -0.2) is 9.50 Å². The van der Waals surface area contributed by atoms with E-state index < -0.39 is 0 Å². The monoisotopic (exact) mass is 486 g/mol. The van der Waals surface area contributed by atoms with Crippen LogP contribution in [-0.2, 0) is 4.79 Å². The highest BCUT2D eigenvalue weighted by molar-refractivity contribution is 5.85. The summed E-state index contributed by atoms with van der Waals surface area (Å²) < 4.78 is 7.43. The SMILES string of the molecule is CCOc1cc(-c2ccc(N3C[C@@H]4C[C@@](C)(NC(=O)CC(C)C)C[C@@H]4C3)nc2)c2c(C#N)cnn2c1. The van der Waals surface area contributed by atoms with Crippen molar-refractivity contribution in [2.75, 3.05) is 24.6 Å². The number of nitrogens with zero attached hydrogens (tertiary/aromatic N) is 5. The first-order valence-corrected chi connectivity index (χ1v) is 12.8. The van der Waals surface area contributed by atoms with Gasteiger partial charge in [-0.15, -0.1) is 0 Å². The fraction of sp³-hybridized carbons (Fsp3) is 0.500. The van der Waals surface area contributed by atoms with E-state index in [0.29, 0.717) is 42.1 Å². The van der Waals surface area contributed by atoms with Gasteiger partial charge in [0, 0.05) is 42.4 Å². The number of amides is 1. The first-order chi connectivity index (χ1) is 17.3. The van der Waals surface area contributed by atoms with Crippen LogP contribution in [-0.4, -0.2) is 45.7 Å². The smallest absolute Gasteiger partial charge is 0.220 e. The second kappa shape index (κ2) is 9.45. The van der Waals surface area contributed by atoms with Crippen LogP contribution < -0.4 is 15.0 Å². The quantitative estimate of drug-likeness (QED) is 0.531. The molecule has 1 N–H and O–H groups in total. The number of nitriles is 1. The molecule has 0 radical (unpaired) electrons. The molecular formula is C28H34N6O2. The molecule has 1 saturated carbocycles. The van der Waals surface area contributed by atoms with Crippen molar-refractivity contribution < 1.29 is 9.53 Å². The van der Waals surface area contributed by atoms with Crippen molar-refractivity contribution in [3.05, 3.63) is 42.4 Å². The molecule has 8 heteroatoms. The van der Waals surface area contributed by atoms with Crippen LogP contribution in [0.25, 0.3) is 16.6 Å². The lowest BCUT2D eigenvalue weighted by Gasteiger charge is -2.29. The predicted molar refractivity (Wildman–Crippen MR) is 139 cm³/mol. The number of carbonyl (C=O) groups is 1. The summed E-state index contributed by atoms with van der Waals surface area (Å²) in [5.41, 5.74) is 2.96. The summed E-state index contributed by atoms with van der Waals surface area (Å²) in [6.45, 7) is 10.8. The zero-order chi connectivity index (χ0) is 25.4. The molecule has 188 valence electrons. The van der Waals surface area contributed by atoms with Crippen LogP contribution in [0.4, 0.5) is 5.82 Å². The maximum Gasteiger partial charge on any atom is 0.220 e. The average molecular weight is 487 g/mol. The summed E-state index contributed by atoms with van der Waals surface area (Å²) in [4.78, 5) is 19.5. The molecular weight excluding hydrogens is 452 g/mol. The van der Waals surface area contributed by atoms with Crippen molar-refractivity contribution in [2.24, 2.45) is 17.8 Å². The van der Waals surface area contributed by atoms with E-state index in [1.54, 1.807) is 16.9 Å². The van der Waals surface area contributed by atoms with E-state index >= 15 is 0 Å². The van der Waals surface area contributed by atoms with Crippen molar-refractivity contribution in [1.29, 1.82) is 5.26 Å². The average Bonchev–Trinajstić information content (AvgIpc) is 3.49. The van der Waals surface area contributed by atoms with Gasteiger partial charge in [-0.05, 0) is 62.6 Å². The van der Waals surface area contributed by atoms with Crippen LogP contribution in [0.1, 0.15) is 52.5 Å². The van der Waals surface area contributed by atoms with Crippen LogP contribution in [0.2, 0.25) is 0 Å². The molecule has 5 rings (SSSR count). The Balaban J connectivity index is 1.31. The van der Waals surface area contributed by atoms with E-state index in [-0.39, 0.29) is 11.4 Å². The van der Waals surface area contributed by atoms with Crippen LogP contribution >= 0.6 is 0 Å². The maximum atomic E-state index is 12.4. The Morgan fingerprint density at radius 2 is 2.03 bits per heavy atom. The Labute approximate surface area is 212 Å². The molecule has 8 nitrogen and oxygen atoms in total. The zero-order valence-corrected chi connectivity index (χ0v) is 21.5. The van der Waals surface area contributed by atoms with Crippen LogP contribution in [0.15, 0.2) is 36.8 Å². The maximum absolute atomic E-state index is 12.4. The van der Waals surface area contributed by atoms with Gasteiger partial charge in [-0.2, -0.15) is 10.4 Å². The summed E-state index contributed by atoms with van der Waals surface area (Å²) in [6.07, 6.45) is 7.86. The van der Waals surface area contributed by atoms with Gasteiger partial charge in [0.2, 0.25) is 5.91 Å². The van der Waals surface area contributed by atoms with Crippen molar-refractivity contribution in [3.8, 4) is 22.9 Å². The van der Waals surface area contributed by atoms with Crippen LogP contribution in [0, 0.1) is 29.1 Å². The molecule has 1 saturated heterocycles. The van der Waals surface area contributed by atoms with E-state index in [0.717, 1.165) is 48.4 Å². The second-order valence-electron chi connectivity index (χ2n) is 10.9. The molecule has 1 aliphatic heterocycles. The molecule has 3 aromatic rings. The minimum Gasteiger partial charge on any atom is -0.492 e. The fourth-order valence-corrected chi connectivity index (χ4v) is 6.07. The van der Waals surface area contributed by atoms with E-state index in [2.05, 4.69) is 54.3 Å². The van der Waals surface area contributed by atoms with Gasteiger partial charge in [0.15, 0.2) is 0 Å². The van der Waals surface area contributed by atoms with E-state index in [9.17, 15) is 10.1 Å². The molecule has 1 amide bonds. The number of hydrogen-bond acceptors (Lipinski definition) is 6. The van der Waals surface area contributed by atoms with Gasteiger partial charge in [0.1, 0.15) is 17.6 Å². The molecule has 3 atom stereocenters. The van der Waals surface area contributed by atoms with Crippen molar-refractivity contribution in [3.63, 3.8) is 0 Å². The lowest BCUT2D eigenvalue weighted by Crippen LogP contribution is -2.45. The molecule has 36 heavy (non-hydrogen) atoms. The molecule has 0 bridgehead atoms. The Bertz CT molecular complexity index is 1290. The summed E-state index contributed by atoms with van der Waals surface area (Å²) in [7, 11) is 0. The first-order valence-electron chi connectivity index (χ1n) is 12.8. The minimum absolute atomic E-state index is 0.106. The van der Waals surface area contributed by atoms with E-state index in [1.165, 1.54) is 0 Å². The van der Waals surface area contributed by atoms with Gasteiger partial charge in [-0.1, -0.05) is 13.8 Å². The summed E-state index contributed by atoms with van der Waals surface area (Å²) >= 11 is 0. The van der Waals surface area contributed by atoms with Crippen LogP contribution in [0.3, 0.4) is 0 Å². The number of ether oxygens (including phenoxy) is 1. The fourth-order valence-electron chi connectivity index (χ4n) is 6.07. The Morgan fingerprint density at radius 3 is 2.64 bits per heavy atom. The number of pyridine rings is 2. The third-order valence-electron chi connectivity index (χ3n) is 7.44. The third-order valence-corrected chi connectivity index (χ3v) is 7.44. The Kier molecular flexibility index (Phi) is 6.33. The first kappa shape index (κ1) is 24.1. The number of carbonyl (C=O) groups excluding carboxylic acids is 1. The molecule has 1 aliphatic carbocycles. The number of fused-ring (bicyclic) bond motifs is 2. The second-order valence-corrected chi connectivity index (χ2v) is 10.9. The Morgan fingerprint density at radius 1 is 1.28 bits per heavy atom. The highest BCUT2D eigenvalue weighted by Gasteiger charge is 2.47. The molecule has 4 heterocycles. The summed E-state index contributed by atoms with van der Waals surface area (Å²) in [5.74, 6) is 3.32. The van der Waals surface area contributed by atoms with Crippen molar-refractivity contribution in [1.82, 2.24) is 19.9 Å². The topological polar surface area (TPSA) is 95.5 Å². The van der Waals surface area contributed by atoms with Gasteiger partial charge < -0.3 is 15.0 Å². The van der Waals surface area contributed by atoms with Gasteiger partial charge in [0.05, 0.1) is 30.1 Å². The van der Waals surface area contributed by atoms with Gasteiger partial charge in [-0.3, -0.25) is 4.79 Å². The molecule has 2 fully saturated rings. The molecule has 0 spiro atoms. The normalized spacial score (nSPS) is 23.2. The molecule has 3 aromatic heterocycles. The van der Waals surface area contributed by atoms with Gasteiger partial charge in [0.25, 0.3) is 0 Å².